The zero-order chi connectivity index (χ0) is 15.0. The molecule has 0 aliphatic carbocycles. The van der Waals surface area contributed by atoms with Crippen molar-refractivity contribution in [1.82, 2.24) is 4.98 Å². The van der Waals surface area contributed by atoms with E-state index in [1.54, 1.807) is 18.2 Å². The number of aryl methyl sites for hydroxylation is 1. The summed E-state index contributed by atoms with van der Waals surface area (Å²) in [6.45, 7) is 1.93. The van der Waals surface area contributed by atoms with E-state index in [1.165, 1.54) is 6.07 Å². The molecule has 3 rings (SSSR count). The van der Waals surface area contributed by atoms with Crippen LogP contribution in [0, 0.1) is 12.7 Å². The maximum atomic E-state index is 13.9. The third-order valence-electron chi connectivity index (χ3n) is 3.42. The van der Waals surface area contributed by atoms with Crippen LogP contribution in [0.15, 0.2) is 53.0 Å². The maximum absolute atomic E-state index is 13.9. The summed E-state index contributed by atoms with van der Waals surface area (Å²) in [5.74, 6) is -0.423. The summed E-state index contributed by atoms with van der Waals surface area (Å²) in [6, 6.07) is 13.9. The van der Waals surface area contributed by atoms with Crippen molar-refractivity contribution < 1.29 is 9.50 Å². The quantitative estimate of drug-likeness (QED) is 0.740. The Bertz CT molecular complexity index is 819. The Kier molecular flexibility index (Phi) is 3.74. The van der Waals surface area contributed by atoms with E-state index in [1.807, 2.05) is 31.2 Å². The molecule has 1 N–H and O–H groups in total. The first-order chi connectivity index (χ1) is 10.0. The fourth-order valence-electron chi connectivity index (χ4n) is 2.32. The van der Waals surface area contributed by atoms with Crippen LogP contribution in [0.1, 0.15) is 22.9 Å². The number of halogens is 2. The molecule has 0 aliphatic rings. The van der Waals surface area contributed by atoms with Crippen LogP contribution >= 0.6 is 15.9 Å². The van der Waals surface area contributed by atoms with Crippen molar-refractivity contribution in [2.24, 2.45) is 0 Å². The van der Waals surface area contributed by atoms with E-state index in [-0.39, 0.29) is 5.56 Å². The van der Waals surface area contributed by atoms with Gasteiger partial charge in [0, 0.05) is 21.1 Å². The molecule has 1 atom stereocenters. The van der Waals surface area contributed by atoms with Gasteiger partial charge < -0.3 is 5.11 Å². The van der Waals surface area contributed by atoms with Gasteiger partial charge >= 0.3 is 0 Å². The number of benzene rings is 2. The van der Waals surface area contributed by atoms with Gasteiger partial charge in [-0.25, -0.2) is 4.39 Å². The summed E-state index contributed by atoms with van der Waals surface area (Å²) in [4.78, 5) is 4.42. The molecule has 106 valence electrons. The van der Waals surface area contributed by atoms with Gasteiger partial charge in [-0.2, -0.15) is 0 Å². The van der Waals surface area contributed by atoms with Crippen LogP contribution in [0.2, 0.25) is 0 Å². The predicted octanol–water partition coefficient (Wildman–Crippen LogP) is 4.53. The Morgan fingerprint density at radius 2 is 1.90 bits per heavy atom. The molecule has 0 fully saturated rings. The minimum absolute atomic E-state index is 0.254. The molecule has 21 heavy (non-hydrogen) atoms. The number of aromatic nitrogens is 1. The van der Waals surface area contributed by atoms with Gasteiger partial charge in [0.1, 0.15) is 11.9 Å². The van der Waals surface area contributed by atoms with Crippen LogP contribution in [0.4, 0.5) is 4.39 Å². The first-order valence-electron chi connectivity index (χ1n) is 6.55. The van der Waals surface area contributed by atoms with Gasteiger partial charge in [0.25, 0.3) is 0 Å². The second-order valence-electron chi connectivity index (χ2n) is 4.97. The first-order valence-corrected chi connectivity index (χ1v) is 7.34. The topological polar surface area (TPSA) is 33.1 Å². The molecule has 0 radical (unpaired) electrons. The van der Waals surface area contributed by atoms with Gasteiger partial charge in [-0.15, -0.1) is 0 Å². The number of fused-ring (bicyclic) bond motifs is 1. The number of aliphatic hydroxyl groups is 1. The summed E-state index contributed by atoms with van der Waals surface area (Å²) in [6.07, 6.45) is -1.01. The highest BCUT2D eigenvalue weighted by Crippen LogP contribution is 2.28. The summed E-state index contributed by atoms with van der Waals surface area (Å²) >= 11 is 3.30. The molecule has 0 bridgehead atoms. The SMILES string of the molecule is Cc1ccc2cc(C(O)c3cc(Br)ccc3F)ccc2n1. The van der Waals surface area contributed by atoms with Crippen LogP contribution in [0.3, 0.4) is 0 Å². The van der Waals surface area contributed by atoms with Crippen LogP contribution in [0.25, 0.3) is 10.9 Å². The zero-order valence-corrected chi connectivity index (χ0v) is 12.9. The fourth-order valence-corrected chi connectivity index (χ4v) is 2.70. The molecule has 0 spiro atoms. The highest BCUT2D eigenvalue weighted by molar-refractivity contribution is 9.10. The molecule has 3 aromatic rings. The number of hydrogen-bond acceptors (Lipinski definition) is 2. The molecule has 1 heterocycles. The van der Waals surface area contributed by atoms with Crippen LogP contribution in [0.5, 0.6) is 0 Å². The van der Waals surface area contributed by atoms with E-state index >= 15 is 0 Å². The van der Waals surface area contributed by atoms with Crippen LogP contribution in [-0.2, 0) is 0 Å². The molecule has 1 unspecified atom stereocenters. The lowest BCUT2D eigenvalue weighted by Gasteiger charge is -2.13. The average Bonchev–Trinajstić information content (AvgIpc) is 2.48. The van der Waals surface area contributed by atoms with Gasteiger partial charge in [-0.3, -0.25) is 4.98 Å². The van der Waals surface area contributed by atoms with Crippen molar-refractivity contribution in [2.75, 3.05) is 0 Å². The summed E-state index contributed by atoms with van der Waals surface area (Å²) in [5, 5.41) is 11.4. The molecule has 4 heteroatoms. The van der Waals surface area contributed by atoms with Crippen molar-refractivity contribution in [3.05, 3.63) is 75.6 Å². The van der Waals surface area contributed by atoms with Crippen molar-refractivity contribution in [3.8, 4) is 0 Å². The largest absolute Gasteiger partial charge is 0.384 e. The smallest absolute Gasteiger partial charge is 0.129 e. The molecule has 0 amide bonds. The van der Waals surface area contributed by atoms with E-state index < -0.39 is 11.9 Å². The molecule has 2 aromatic carbocycles. The number of nitrogens with zero attached hydrogens (tertiary/aromatic N) is 1. The number of aliphatic hydroxyl groups excluding tert-OH is 1. The minimum atomic E-state index is -1.01. The highest BCUT2D eigenvalue weighted by Gasteiger charge is 2.16. The van der Waals surface area contributed by atoms with E-state index in [2.05, 4.69) is 20.9 Å². The molecular weight excluding hydrogens is 333 g/mol. The van der Waals surface area contributed by atoms with Gasteiger partial charge in [-0.1, -0.05) is 28.1 Å². The summed E-state index contributed by atoms with van der Waals surface area (Å²) in [7, 11) is 0. The Balaban J connectivity index is 2.07. The monoisotopic (exact) mass is 345 g/mol. The van der Waals surface area contributed by atoms with Crippen molar-refractivity contribution >= 4 is 26.8 Å². The zero-order valence-electron chi connectivity index (χ0n) is 11.3. The van der Waals surface area contributed by atoms with E-state index in [0.29, 0.717) is 5.56 Å². The average molecular weight is 346 g/mol. The third kappa shape index (κ3) is 2.82. The van der Waals surface area contributed by atoms with Crippen LogP contribution in [-0.4, -0.2) is 10.1 Å². The lowest BCUT2D eigenvalue weighted by molar-refractivity contribution is 0.215. The van der Waals surface area contributed by atoms with Crippen LogP contribution < -0.4 is 0 Å². The van der Waals surface area contributed by atoms with Crippen molar-refractivity contribution in [2.45, 2.75) is 13.0 Å². The standard InChI is InChI=1S/C17H13BrFNO/c1-10-2-3-11-8-12(4-7-16(11)20-10)17(21)14-9-13(18)5-6-15(14)19/h2-9,17,21H,1H3. The van der Waals surface area contributed by atoms with Crippen molar-refractivity contribution in [1.29, 1.82) is 0 Å². The molecule has 0 saturated heterocycles. The predicted molar refractivity (Wildman–Crippen MR) is 84.6 cm³/mol. The normalized spacial score (nSPS) is 12.6. The Hall–Kier alpha value is -1.78. The molecule has 1 aromatic heterocycles. The number of hydrogen-bond donors (Lipinski definition) is 1. The number of pyridine rings is 1. The van der Waals surface area contributed by atoms with E-state index in [9.17, 15) is 9.50 Å². The summed E-state index contributed by atoms with van der Waals surface area (Å²) < 4.78 is 14.6. The van der Waals surface area contributed by atoms with E-state index in [4.69, 9.17) is 0 Å². The van der Waals surface area contributed by atoms with Gasteiger partial charge in [-0.05, 0) is 48.9 Å². The van der Waals surface area contributed by atoms with Gasteiger partial charge in [0.2, 0.25) is 0 Å². The Morgan fingerprint density at radius 3 is 2.71 bits per heavy atom. The second kappa shape index (κ2) is 5.54. The van der Waals surface area contributed by atoms with Crippen molar-refractivity contribution in [3.63, 3.8) is 0 Å². The number of rotatable bonds is 2. The molecule has 0 aliphatic heterocycles. The minimum Gasteiger partial charge on any atom is -0.384 e. The Morgan fingerprint density at radius 1 is 1.10 bits per heavy atom. The maximum Gasteiger partial charge on any atom is 0.129 e. The lowest BCUT2D eigenvalue weighted by Crippen LogP contribution is -2.03. The lowest BCUT2D eigenvalue weighted by atomic mass is 9.99. The first kappa shape index (κ1) is 14.2. The third-order valence-corrected chi connectivity index (χ3v) is 3.91. The molecular formula is C17H13BrFNO. The van der Waals surface area contributed by atoms with Gasteiger partial charge in [0.05, 0.1) is 5.52 Å². The van der Waals surface area contributed by atoms with E-state index in [0.717, 1.165) is 21.1 Å². The highest BCUT2D eigenvalue weighted by atomic mass is 79.9. The second-order valence-corrected chi connectivity index (χ2v) is 5.89. The summed E-state index contributed by atoms with van der Waals surface area (Å²) in [5.41, 5.74) is 2.70. The molecule has 0 saturated carbocycles. The fraction of sp³-hybridized carbons (Fsp3) is 0.118. The molecule has 2 nitrogen and oxygen atoms in total. The van der Waals surface area contributed by atoms with Gasteiger partial charge in [0.15, 0.2) is 0 Å². The Labute approximate surface area is 130 Å².